The van der Waals surface area contributed by atoms with Crippen molar-refractivity contribution in [1.82, 2.24) is 0 Å². The van der Waals surface area contributed by atoms with E-state index in [4.69, 9.17) is 16.3 Å². The van der Waals surface area contributed by atoms with Crippen LogP contribution in [0.4, 0.5) is 5.69 Å². The van der Waals surface area contributed by atoms with Crippen molar-refractivity contribution in [3.8, 4) is 5.75 Å². The average Bonchev–Trinajstić information content (AvgIpc) is 2.54. The van der Waals surface area contributed by atoms with Gasteiger partial charge in [0.25, 0.3) is 10.0 Å². The molecule has 22 heavy (non-hydrogen) atoms. The number of carbonyl (C=O) groups is 1. The summed E-state index contributed by atoms with van der Waals surface area (Å²) in [7, 11) is -3.72. The Labute approximate surface area is 133 Å². The predicted molar refractivity (Wildman–Crippen MR) is 83.3 cm³/mol. The van der Waals surface area contributed by atoms with Gasteiger partial charge in [-0.05, 0) is 24.3 Å². The Kier molecular flexibility index (Phi) is 3.80. The Morgan fingerprint density at radius 2 is 1.86 bits per heavy atom. The van der Waals surface area contributed by atoms with Gasteiger partial charge in [-0.25, -0.2) is 8.42 Å². The second-order valence-electron chi connectivity index (χ2n) is 4.72. The van der Waals surface area contributed by atoms with E-state index in [-0.39, 0.29) is 18.0 Å². The Morgan fingerprint density at radius 3 is 2.55 bits per heavy atom. The largest absolute Gasteiger partial charge is 0.489 e. The van der Waals surface area contributed by atoms with Crippen molar-refractivity contribution in [2.45, 2.75) is 4.90 Å². The summed E-state index contributed by atoms with van der Waals surface area (Å²) in [5, 5.41) is 0.480. The van der Waals surface area contributed by atoms with E-state index in [9.17, 15) is 13.2 Å². The molecular formula is C15H12ClNO4S. The molecule has 114 valence electrons. The fourth-order valence-corrected chi connectivity index (χ4v) is 3.89. The molecule has 1 heterocycles. The first-order valence-corrected chi connectivity index (χ1v) is 8.34. The van der Waals surface area contributed by atoms with Gasteiger partial charge < -0.3 is 4.74 Å². The third-order valence-corrected chi connectivity index (χ3v) is 5.41. The SMILES string of the molecule is O=Cc1ccc(S(=O)(=O)N2CCOc3cc(Cl)ccc32)cc1. The van der Waals surface area contributed by atoms with Crippen LogP contribution in [0.15, 0.2) is 47.4 Å². The van der Waals surface area contributed by atoms with Crippen LogP contribution in [0.25, 0.3) is 0 Å². The van der Waals surface area contributed by atoms with E-state index in [1.807, 2.05) is 0 Å². The minimum atomic E-state index is -3.72. The zero-order valence-electron chi connectivity index (χ0n) is 11.4. The molecule has 0 saturated heterocycles. The predicted octanol–water partition coefficient (Wildman–Crippen LogP) is 2.74. The van der Waals surface area contributed by atoms with Crippen LogP contribution in [0, 0.1) is 0 Å². The Hall–Kier alpha value is -2.05. The molecule has 0 fully saturated rings. The summed E-state index contributed by atoms with van der Waals surface area (Å²) in [5.74, 6) is 0.437. The van der Waals surface area contributed by atoms with Crippen LogP contribution in [0.5, 0.6) is 5.75 Å². The monoisotopic (exact) mass is 337 g/mol. The lowest BCUT2D eigenvalue weighted by molar-refractivity contribution is 0.112. The molecule has 0 aliphatic carbocycles. The van der Waals surface area contributed by atoms with Crippen LogP contribution in [-0.4, -0.2) is 27.9 Å². The zero-order valence-corrected chi connectivity index (χ0v) is 13.0. The van der Waals surface area contributed by atoms with Crippen LogP contribution >= 0.6 is 11.6 Å². The van der Waals surface area contributed by atoms with Gasteiger partial charge in [-0.15, -0.1) is 0 Å². The minimum Gasteiger partial charge on any atom is -0.489 e. The minimum absolute atomic E-state index is 0.126. The lowest BCUT2D eigenvalue weighted by Crippen LogP contribution is -2.37. The standard InChI is InChI=1S/C15H12ClNO4S/c16-12-3-6-14-15(9-12)21-8-7-17(14)22(19,20)13-4-1-11(10-18)2-5-13/h1-6,9-10H,7-8H2. The molecule has 1 aliphatic heterocycles. The van der Waals surface area contributed by atoms with Crippen molar-refractivity contribution in [3.63, 3.8) is 0 Å². The lowest BCUT2D eigenvalue weighted by Gasteiger charge is -2.30. The molecule has 0 unspecified atom stereocenters. The van der Waals surface area contributed by atoms with E-state index >= 15 is 0 Å². The van der Waals surface area contributed by atoms with Crippen LogP contribution in [0.3, 0.4) is 0 Å². The highest BCUT2D eigenvalue weighted by molar-refractivity contribution is 7.92. The molecule has 0 atom stereocenters. The van der Waals surface area contributed by atoms with E-state index < -0.39 is 10.0 Å². The number of sulfonamides is 1. The van der Waals surface area contributed by atoms with Gasteiger partial charge >= 0.3 is 0 Å². The number of rotatable bonds is 3. The summed E-state index contributed by atoms with van der Waals surface area (Å²) in [4.78, 5) is 10.8. The molecule has 2 aromatic carbocycles. The molecule has 3 rings (SSSR count). The number of halogens is 1. The second kappa shape index (κ2) is 5.62. The van der Waals surface area contributed by atoms with E-state index in [0.29, 0.717) is 28.3 Å². The quantitative estimate of drug-likeness (QED) is 0.808. The van der Waals surface area contributed by atoms with E-state index in [1.165, 1.54) is 28.6 Å². The van der Waals surface area contributed by atoms with Gasteiger partial charge in [0.15, 0.2) is 0 Å². The van der Waals surface area contributed by atoms with E-state index in [0.717, 1.165) is 0 Å². The van der Waals surface area contributed by atoms with Crippen LogP contribution < -0.4 is 9.04 Å². The lowest BCUT2D eigenvalue weighted by atomic mass is 10.2. The maximum absolute atomic E-state index is 12.8. The number of hydrogen-bond donors (Lipinski definition) is 0. The van der Waals surface area contributed by atoms with Gasteiger partial charge in [0.1, 0.15) is 18.6 Å². The van der Waals surface area contributed by atoms with E-state index in [2.05, 4.69) is 0 Å². The normalized spacial score (nSPS) is 14.1. The Bertz CT molecular complexity index is 818. The number of aldehydes is 1. The van der Waals surface area contributed by atoms with Gasteiger partial charge in [0.05, 0.1) is 17.1 Å². The maximum atomic E-state index is 12.8. The van der Waals surface area contributed by atoms with Crippen molar-refractivity contribution < 1.29 is 17.9 Å². The fourth-order valence-electron chi connectivity index (χ4n) is 2.26. The van der Waals surface area contributed by atoms with Crippen molar-refractivity contribution in [1.29, 1.82) is 0 Å². The second-order valence-corrected chi connectivity index (χ2v) is 7.02. The molecule has 2 aromatic rings. The Morgan fingerprint density at radius 1 is 1.14 bits per heavy atom. The van der Waals surface area contributed by atoms with Crippen molar-refractivity contribution >= 4 is 33.6 Å². The number of hydrogen-bond acceptors (Lipinski definition) is 4. The average molecular weight is 338 g/mol. The van der Waals surface area contributed by atoms with Gasteiger partial charge in [-0.2, -0.15) is 0 Å². The molecule has 1 aliphatic rings. The van der Waals surface area contributed by atoms with Crippen molar-refractivity contribution in [2.75, 3.05) is 17.5 Å². The van der Waals surface area contributed by atoms with Crippen LogP contribution in [-0.2, 0) is 10.0 Å². The summed E-state index contributed by atoms with van der Waals surface area (Å²) >= 11 is 5.91. The topological polar surface area (TPSA) is 63.7 Å². The first-order chi connectivity index (χ1) is 10.5. The third-order valence-electron chi connectivity index (χ3n) is 3.35. The molecule has 0 radical (unpaired) electrons. The number of fused-ring (bicyclic) bond motifs is 1. The van der Waals surface area contributed by atoms with Crippen LogP contribution in [0.2, 0.25) is 5.02 Å². The summed E-state index contributed by atoms with van der Waals surface area (Å²) < 4.78 is 32.3. The first kappa shape index (κ1) is 14.9. The molecule has 7 heteroatoms. The molecule has 0 spiro atoms. The molecule has 0 bridgehead atoms. The number of anilines is 1. The summed E-state index contributed by atoms with van der Waals surface area (Å²) in [5.41, 5.74) is 0.878. The maximum Gasteiger partial charge on any atom is 0.264 e. The smallest absolute Gasteiger partial charge is 0.264 e. The highest BCUT2D eigenvalue weighted by Gasteiger charge is 2.30. The summed E-state index contributed by atoms with van der Waals surface area (Å²) in [6, 6.07) is 10.6. The molecule has 0 amide bonds. The number of benzene rings is 2. The summed E-state index contributed by atoms with van der Waals surface area (Å²) in [6.07, 6.45) is 0.669. The van der Waals surface area contributed by atoms with Crippen molar-refractivity contribution in [2.24, 2.45) is 0 Å². The Balaban J connectivity index is 2.05. The van der Waals surface area contributed by atoms with Crippen LogP contribution in [0.1, 0.15) is 10.4 Å². The molecule has 0 N–H and O–H groups in total. The number of carbonyl (C=O) groups excluding carboxylic acids is 1. The first-order valence-electron chi connectivity index (χ1n) is 6.53. The highest BCUT2D eigenvalue weighted by atomic mass is 35.5. The third kappa shape index (κ3) is 2.55. The molecule has 0 aromatic heterocycles. The van der Waals surface area contributed by atoms with Gasteiger partial charge in [-0.3, -0.25) is 9.10 Å². The van der Waals surface area contributed by atoms with Gasteiger partial charge in [-0.1, -0.05) is 23.7 Å². The molecule has 5 nitrogen and oxygen atoms in total. The number of nitrogens with zero attached hydrogens (tertiary/aromatic N) is 1. The highest BCUT2D eigenvalue weighted by Crippen LogP contribution is 2.36. The summed E-state index contributed by atoms with van der Waals surface area (Å²) in [6.45, 7) is 0.464. The molecular weight excluding hydrogens is 326 g/mol. The fraction of sp³-hybridized carbons (Fsp3) is 0.133. The van der Waals surface area contributed by atoms with Gasteiger partial charge in [0.2, 0.25) is 0 Å². The zero-order chi connectivity index (χ0) is 15.7. The number of ether oxygens (including phenoxy) is 1. The molecule has 0 saturated carbocycles. The van der Waals surface area contributed by atoms with Crippen molar-refractivity contribution in [3.05, 3.63) is 53.1 Å². The van der Waals surface area contributed by atoms with E-state index in [1.54, 1.807) is 18.2 Å². The van der Waals surface area contributed by atoms with Gasteiger partial charge in [0, 0.05) is 16.7 Å².